The first-order valence-corrected chi connectivity index (χ1v) is 8.48. The van der Waals surface area contributed by atoms with E-state index in [1.165, 1.54) is 69.8 Å². The molecule has 0 N–H and O–H groups in total. The van der Waals surface area contributed by atoms with Crippen molar-refractivity contribution in [1.29, 1.82) is 0 Å². The van der Waals surface area contributed by atoms with Crippen molar-refractivity contribution < 1.29 is 4.79 Å². The maximum atomic E-state index is 10.0. The number of allylic oxidation sites excluding steroid dienone is 3. The van der Waals surface area contributed by atoms with Crippen molar-refractivity contribution in [2.45, 2.75) is 90.4 Å². The zero-order valence-electron chi connectivity index (χ0n) is 13.5. The summed E-state index contributed by atoms with van der Waals surface area (Å²) in [4.78, 5) is 10.0. The molecule has 0 unspecified atom stereocenters. The van der Waals surface area contributed by atoms with Crippen LogP contribution >= 0.6 is 0 Å². The second-order valence-corrected chi connectivity index (χ2v) is 5.69. The summed E-state index contributed by atoms with van der Waals surface area (Å²) >= 11 is 0. The minimum Gasteiger partial charge on any atom is -0.291 e. The van der Waals surface area contributed by atoms with E-state index in [9.17, 15) is 4.79 Å². The normalized spacial score (nSPS) is 11.1. The summed E-state index contributed by atoms with van der Waals surface area (Å²) in [6.07, 6.45) is 21.9. The predicted molar refractivity (Wildman–Crippen MR) is 89.7 cm³/mol. The fourth-order valence-corrected chi connectivity index (χ4v) is 2.26. The van der Waals surface area contributed by atoms with E-state index in [2.05, 4.69) is 25.7 Å². The van der Waals surface area contributed by atoms with Gasteiger partial charge < -0.3 is 0 Å². The molecular weight excluding hydrogens is 244 g/mol. The van der Waals surface area contributed by atoms with E-state index in [1.807, 2.05) is 6.29 Å². The van der Waals surface area contributed by atoms with Gasteiger partial charge in [-0.2, -0.15) is 0 Å². The lowest BCUT2D eigenvalue weighted by molar-refractivity contribution is 0.542. The van der Waals surface area contributed by atoms with Gasteiger partial charge in [0.2, 0.25) is 0 Å². The van der Waals surface area contributed by atoms with Crippen LogP contribution in [0, 0.1) is 0 Å². The van der Waals surface area contributed by atoms with E-state index in [0.29, 0.717) is 6.42 Å². The summed E-state index contributed by atoms with van der Waals surface area (Å²) in [5.74, 6) is 0. The second kappa shape index (κ2) is 16.2. The van der Waals surface area contributed by atoms with Gasteiger partial charge in [0, 0.05) is 6.42 Å². The van der Waals surface area contributed by atoms with E-state index in [4.69, 9.17) is 0 Å². The van der Waals surface area contributed by atoms with Crippen LogP contribution in [0.15, 0.2) is 24.3 Å². The highest BCUT2D eigenvalue weighted by molar-refractivity contribution is 5.50. The molecule has 0 spiro atoms. The van der Waals surface area contributed by atoms with Crippen LogP contribution in [0.5, 0.6) is 0 Å². The van der Waals surface area contributed by atoms with Crippen molar-refractivity contribution in [2.24, 2.45) is 0 Å². The molecule has 0 saturated carbocycles. The molecule has 0 amide bonds. The number of carbonyl (C=O) groups excluding carboxylic acids is 1. The molecule has 20 heavy (non-hydrogen) atoms. The maximum Gasteiger partial charge on any atom is 0.198 e. The van der Waals surface area contributed by atoms with Crippen LogP contribution in [-0.2, 0) is 4.79 Å². The third-order valence-corrected chi connectivity index (χ3v) is 3.61. The Morgan fingerprint density at radius 2 is 1.65 bits per heavy atom. The van der Waals surface area contributed by atoms with Gasteiger partial charge in [-0.05, 0) is 38.5 Å². The quantitative estimate of drug-likeness (QED) is 0.253. The van der Waals surface area contributed by atoms with Crippen molar-refractivity contribution in [1.82, 2.24) is 0 Å². The van der Waals surface area contributed by atoms with Gasteiger partial charge in [0.1, 0.15) is 0 Å². The lowest BCUT2D eigenvalue weighted by atomic mass is 10.0. The molecule has 1 heteroatoms. The molecule has 0 rings (SSSR count). The Balaban J connectivity index is 3.25. The van der Waals surface area contributed by atoms with Crippen molar-refractivity contribution >= 4 is 6.29 Å². The Morgan fingerprint density at radius 3 is 2.40 bits per heavy atom. The highest BCUT2D eigenvalue weighted by Crippen LogP contribution is 2.13. The Bertz CT molecular complexity index is 252. The van der Waals surface area contributed by atoms with Gasteiger partial charge >= 0.3 is 0 Å². The number of hydrogen-bond donors (Lipinski definition) is 0. The number of unbranched alkanes of at least 4 members (excludes halogenated alkanes) is 9. The van der Waals surface area contributed by atoms with Crippen LogP contribution in [0.3, 0.4) is 0 Å². The van der Waals surface area contributed by atoms with Crippen LogP contribution in [0.1, 0.15) is 90.4 Å². The molecule has 0 aliphatic carbocycles. The molecule has 0 heterocycles. The van der Waals surface area contributed by atoms with Crippen LogP contribution in [0.4, 0.5) is 0 Å². The highest BCUT2D eigenvalue weighted by atomic mass is 16.1. The van der Waals surface area contributed by atoms with E-state index in [0.717, 1.165) is 12.8 Å². The average Bonchev–Trinajstić information content (AvgIpc) is 2.45. The largest absolute Gasteiger partial charge is 0.291 e. The lowest BCUT2D eigenvalue weighted by Crippen LogP contribution is -1.82. The first kappa shape index (κ1) is 19.1. The first-order valence-electron chi connectivity index (χ1n) is 8.48. The zero-order valence-corrected chi connectivity index (χ0v) is 13.5. The molecule has 0 saturated heterocycles. The molecule has 0 aliphatic rings. The molecule has 1 radical (unpaired) electrons. The predicted octanol–water partition coefficient (Wildman–Crippen LogP) is 6.30. The minimum atomic E-state index is 0.611. The van der Waals surface area contributed by atoms with E-state index < -0.39 is 0 Å². The van der Waals surface area contributed by atoms with Crippen molar-refractivity contribution in [3.8, 4) is 0 Å². The molecular formula is C19H33O. The van der Waals surface area contributed by atoms with Crippen molar-refractivity contribution in [2.75, 3.05) is 0 Å². The van der Waals surface area contributed by atoms with Gasteiger partial charge in [-0.3, -0.25) is 4.79 Å². The van der Waals surface area contributed by atoms with E-state index in [-0.39, 0.29) is 0 Å². The van der Waals surface area contributed by atoms with Crippen LogP contribution in [0.2, 0.25) is 0 Å². The lowest BCUT2D eigenvalue weighted by Gasteiger charge is -2.02. The standard InChI is InChI=1S/C19H33O/c1-3-4-5-13-16-19(2)17-14-11-9-7-6-8-10-12-15-18-20/h11,14H,2-10,12-13,15-17H2,1H3/b14-11-. The van der Waals surface area contributed by atoms with Gasteiger partial charge in [-0.1, -0.05) is 69.8 Å². The van der Waals surface area contributed by atoms with Crippen LogP contribution in [-0.4, -0.2) is 6.29 Å². The summed E-state index contributed by atoms with van der Waals surface area (Å²) in [5.41, 5.74) is 1.38. The SMILES string of the molecule is C=C(C/C=C\CCCCCCC[C]=O)CCCCCC. The molecule has 1 nitrogen and oxygen atoms in total. The summed E-state index contributed by atoms with van der Waals surface area (Å²) in [6, 6.07) is 0. The number of rotatable bonds is 15. The molecule has 0 aromatic heterocycles. The molecule has 0 aromatic carbocycles. The third kappa shape index (κ3) is 15.2. The van der Waals surface area contributed by atoms with Gasteiger partial charge in [-0.15, -0.1) is 0 Å². The topological polar surface area (TPSA) is 17.1 Å². The maximum absolute atomic E-state index is 10.0. The summed E-state index contributed by atoms with van der Waals surface area (Å²) in [6.45, 7) is 6.39. The summed E-state index contributed by atoms with van der Waals surface area (Å²) in [7, 11) is 0. The van der Waals surface area contributed by atoms with Crippen molar-refractivity contribution in [3.05, 3.63) is 24.3 Å². The zero-order chi connectivity index (χ0) is 14.9. The fraction of sp³-hybridized carbons (Fsp3) is 0.737. The van der Waals surface area contributed by atoms with Crippen molar-refractivity contribution in [3.63, 3.8) is 0 Å². The van der Waals surface area contributed by atoms with Crippen LogP contribution in [0.25, 0.3) is 0 Å². The third-order valence-electron chi connectivity index (χ3n) is 3.61. The Kier molecular flexibility index (Phi) is 15.5. The Morgan fingerprint density at radius 1 is 0.950 bits per heavy atom. The fourth-order valence-electron chi connectivity index (χ4n) is 2.26. The van der Waals surface area contributed by atoms with Gasteiger partial charge in [0.25, 0.3) is 0 Å². The van der Waals surface area contributed by atoms with Gasteiger partial charge in [-0.25, -0.2) is 0 Å². The Labute approximate surface area is 126 Å². The molecule has 0 bridgehead atoms. The monoisotopic (exact) mass is 277 g/mol. The molecule has 0 aromatic rings. The smallest absolute Gasteiger partial charge is 0.198 e. The van der Waals surface area contributed by atoms with Gasteiger partial charge in [0.15, 0.2) is 6.29 Å². The molecule has 0 fully saturated rings. The van der Waals surface area contributed by atoms with E-state index >= 15 is 0 Å². The summed E-state index contributed by atoms with van der Waals surface area (Å²) < 4.78 is 0. The highest BCUT2D eigenvalue weighted by Gasteiger charge is 1.93. The number of hydrogen-bond acceptors (Lipinski definition) is 1. The minimum absolute atomic E-state index is 0.611. The first-order chi connectivity index (χ1) is 9.81. The molecule has 115 valence electrons. The second-order valence-electron chi connectivity index (χ2n) is 5.69. The Hall–Kier alpha value is -0.850. The molecule has 0 atom stereocenters. The van der Waals surface area contributed by atoms with Crippen LogP contribution < -0.4 is 0 Å². The molecule has 0 aliphatic heterocycles. The van der Waals surface area contributed by atoms with E-state index in [1.54, 1.807) is 0 Å². The average molecular weight is 277 g/mol. The summed E-state index contributed by atoms with van der Waals surface area (Å²) in [5, 5.41) is 0. The van der Waals surface area contributed by atoms with Gasteiger partial charge in [0.05, 0.1) is 0 Å².